The number of aromatic nitrogens is 3. The highest BCUT2D eigenvalue weighted by atomic mass is 16.5. The molecule has 2 fully saturated rings. The van der Waals surface area contributed by atoms with E-state index in [-0.39, 0.29) is 11.8 Å². The third-order valence-corrected chi connectivity index (χ3v) is 6.45. The zero-order chi connectivity index (χ0) is 20.9. The number of aryl methyl sites for hydroxylation is 1. The summed E-state index contributed by atoms with van der Waals surface area (Å²) < 4.78 is 5.25. The Balaban J connectivity index is 1.19. The first-order chi connectivity index (χ1) is 14.7. The van der Waals surface area contributed by atoms with Gasteiger partial charge >= 0.3 is 0 Å². The Kier molecular flexibility index (Phi) is 6.79. The lowest BCUT2D eigenvalue weighted by atomic mass is 9.95. The van der Waals surface area contributed by atoms with Gasteiger partial charge in [0.1, 0.15) is 17.5 Å². The highest BCUT2D eigenvalue weighted by molar-refractivity contribution is 5.88. The molecule has 4 heterocycles. The second kappa shape index (κ2) is 9.70. The van der Waals surface area contributed by atoms with E-state index in [0.29, 0.717) is 5.71 Å². The lowest BCUT2D eigenvalue weighted by molar-refractivity contribution is -0.125. The lowest BCUT2D eigenvalue weighted by Gasteiger charge is -2.34. The molecule has 0 atom stereocenters. The number of anilines is 1. The normalized spacial score (nSPS) is 19.5. The van der Waals surface area contributed by atoms with Gasteiger partial charge < -0.3 is 24.5 Å². The Labute approximate surface area is 177 Å². The second-order valence-corrected chi connectivity index (χ2v) is 8.33. The summed E-state index contributed by atoms with van der Waals surface area (Å²) in [4.78, 5) is 28.4. The molecule has 9 nitrogen and oxygen atoms in total. The van der Waals surface area contributed by atoms with Crippen molar-refractivity contribution in [2.24, 2.45) is 5.92 Å². The van der Waals surface area contributed by atoms with Crippen LogP contribution < -0.4 is 10.2 Å². The van der Waals surface area contributed by atoms with Crippen molar-refractivity contribution in [1.29, 1.82) is 0 Å². The van der Waals surface area contributed by atoms with E-state index in [2.05, 4.69) is 42.1 Å². The van der Waals surface area contributed by atoms with Crippen LogP contribution in [0.25, 0.3) is 11.1 Å². The van der Waals surface area contributed by atoms with E-state index < -0.39 is 0 Å². The minimum atomic E-state index is 0.0789. The number of rotatable bonds is 7. The van der Waals surface area contributed by atoms with E-state index >= 15 is 0 Å². The van der Waals surface area contributed by atoms with E-state index in [9.17, 15) is 4.79 Å². The van der Waals surface area contributed by atoms with Crippen molar-refractivity contribution in [1.82, 2.24) is 30.2 Å². The topological polar surface area (TPSA) is 90.6 Å². The van der Waals surface area contributed by atoms with Crippen LogP contribution >= 0.6 is 0 Å². The number of nitrogens with zero attached hydrogens (tertiary/aromatic N) is 6. The van der Waals surface area contributed by atoms with E-state index in [4.69, 9.17) is 4.52 Å². The van der Waals surface area contributed by atoms with Gasteiger partial charge in [-0.2, -0.15) is 4.98 Å². The van der Waals surface area contributed by atoms with Gasteiger partial charge in [0.05, 0.1) is 5.69 Å². The van der Waals surface area contributed by atoms with Crippen LogP contribution in [0.15, 0.2) is 10.9 Å². The Hall–Kier alpha value is -2.26. The molecule has 2 aliphatic heterocycles. The standard InChI is InChI=1S/C21H33N7O2/c1-3-26-11-13-27(14-12-26)8-4-7-22-20(29)17-5-9-28(10-6-17)19-18-16(2)25-30-21(18)24-15-23-19/h15,17H,3-14H2,1-2H3,(H,22,29). The molecule has 4 rings (SSSR count). The zero-order valence-electron chi connectivity index (χ0n) is 18.1. The quantitative estimate of drug-likeness (QED) is 0.677. The SMILES string of the molecule is CCN1CCN(CCCNC(=O)C2CCN(c3ncnc4onc(C)c34)CC2)CC1. The van der Waals surface area contributed by atoms with Gasteiger partial charge in [-0.1, -0.05) is 12.1 Å². The molecule has 0 radical (unpaired) electrons. The largest absolute Gasteiger partial charge is 0.356 e. The fourth-order valence-electron chi connectivity index (χ4n) is 4.48. The van der Waals surface area contributed by atoms with Crippen LogP contribution in [0.5, 0.6) is 0 Å². The summed E-state index contributed by atoms with van der Waals surface area (Å²) in [5.41, 5.74) is 1.32. The third kappa shape index (κ3) is 4.73. The molecule has 0 unspecified atom stereocenters. The summed E-state index contributed by atoms with van der Waals surface area (Å²) in [7, 11) is 0. The van der Waals surface area contributed by atoms with E-state index in [1.54, 1.807) is 0 Å². The van der Waals surface area contributed by atoms with E-state index in [0.717, 1.165) is 95.1 Å². The van der Waals surface area contributed by atoms with E-state index in [1.165, 1.54) is 6.33 Å². The number of piperazine rings is 1. The summed E-state index contributed by atoms with van der Waals surface area (Å²) in [5.74, 6) is 1.13. The molecule has 1 N–H and O–H groups in total. The average molecular weight is 416 g/mol. The predicted molar refractivity (Wildman–Crippen MR) is 115 cm³/mol. The maximum Gasteiger partial charge on any atom is 0.263 e. The first-order valence-corrected chi connectivity index (χ1v) is 11.2. The Morgan fingerprint density at radius 2 is 1.87 bits per heavy atom. The van der Waals surface area contributed by atoms with Crippen LogP contribution in [-0.2, 0) is 4.79 Å². The van der Waals surface area contributed by atoms with Crippen molar-refractivity contribution in [3.63, 3.8) is 0 Å². The van der Waals surface area contributed by atoms with Crippen LogP contribution in [0, 0.1) is 12.8 Å². The molecule has 30 heavy (non-hydrogen) atoms. The van der Waals surface area contributed by atoms with Gasteiger partial charge in [-0.25, -0.2) is 4.98 Å². The van der Waals surface area contributed by atoms with Crippen molar-refractivity contribution >= 4 is 22.8 Å². The number of hydrogen-bond acceptors (Lipinski definition) is 8. The Bertz CT molecular complexity index is 839. The van der Waals surface area contributed by atoms with Crippen molar-refractivity contribution in [3.05, 3.63) is 12.0 Å². The molecule has 2 aromatic rings. The van der Waals surface area contributed by atoms with E-state index in [1.807, 2.05) is 6.92 Å². The fourth-order valence-corrected chi connectivity index (χ4v) is 4.48. The number of likely N-dealkylation sites (N-methyl/N-ethyl adjacent to an activating group) is 1. The Morgan fingerprint density at radius 1 is 1.13 bits per heavy atom. The summed E-state index contributed by atoms with van der Waals surface area (Å²) in [5, 5.41) is 8.03. The lowest BCUT2D eigenvalue weighted by Crippen LogP contribution is -2.47. The average Bonchev–Trinajstić information content (AvgIpc) is 3.18. The first-order valence-electron chi connectivity index (χ1n) is 11.2. The minimum Gasteiger partial charge on any atom is -0.356 e. The highest BCUT2D eigenvalue weighted by Gasteiger charge is 2.27. The van der Waals surface area contributed by atoms with Crippen molar-refractivity contribution in [2.75, 3.05) is 63.8 Å². The molecule has 2 aliphatic rings. The highest BCUT2D eigenvalue weighted by Crippen LogP contribution is 2.29. The summed E-state index contributed by atoms with van der Waals surface area (Å²) in [6.07, 6.45) is 4.20. The van der Waals surface area contributed by atoms with Crippen LogP contribution in [0.2, 0.25) is 0 Å². The maximum atomic E-state index is 12.6. The van der Waals surface area contributed by atoms with Gasteiger partial charge in [-0.15, -0.1) is 0 Å². The summed E-state index contributed by atoms with van der Waals surface area (Å²) >= 11 is 0. The fraction of sp³-hybridized carbons (Fsp3) is 0.714. The molecule has 0 saturated carbocycles. The summed E-state index contributed by atoms with van der Waals surface area (Å²) in [6.45, 7) is 13.3. The molecule has 1 amide bonds. The third-order valence-electron chi connectivity index (χ3n) is 6.45. The zero-order valence-corrected chi connectivity index (χ0v) is 18.1. The summed E-state index contributed by atoms with van der Waals surface area (Å²) in [6, 6.07) is 0. The van der Waals surface area contributed by atoms with Gasteiger partial charge in [-0.3, -0.25) is 4.79 Å². The Morgan fingerprint density at radius 3 is 2.60 bits per heavy atom. The first kappa shape index (κ1) is 21.0. The van der Waals surface area contributed by atoms with Gasteiger partial charge in [0.2, 0.25) is 5.91 Å². The van der Waals surface area contributed by atoms with Gasteiger partial charge in [0, 0.05) is 51.7 Å². The molecular formula is C21H33N7O2. The number of fused-ring (bicyclic) bond motifs is 1. The minimum absolute atomic E-state index is 0.0789. The number of amides is 1. The molecule has 9 heteroatoms. The van der Waals surface area contributed by atoms with Gasteiger partial charge in [0.15, 0.2) is 0 Å². The van der Waals surface area contributed by atoms with Crippen molar-refractivity contribution in [2.45, 2.75) is 33.1 Å². The molecule has 2 aromatic heterocycles. The van der Waals surface area contributed by atoms with Crippen molar-refractivity contribution in [3.8, 4) is 0 Å². The van der Waals surface area contributed by atoms with Crippen LogP contribution in [0.4, 0.5) is 5.82 Å². The number of carbonyl (C=O) groups excluding carboxylic acids is 1. The smallest absolute Gasteiger partial charge is 0.263 e. The monoisotopic (exact) mass is 415 g/mol. The van der Waals surface area contributed by atoms with Crippen LogP contribution in [0.3, 0.4) is 0 Å². The molecule has 0 aromatic carbocycles. The number of piperidine rings is 1. The number of nitrogens with one attached hydrogen (secondary N) is 1. The molecular weight excluding hydrogens is 382 g/mol. The van der Waals surface area contributed by atoms with Gasteiger partial charge in [-0.05, 0) is 39.3 Å². The maximum absolute atomic E-state index is 12.6. The van der Waals surface area contributed by atoms with Crippen LogP contribution in [0.1, 0.15) is 31.9 Å². The molecule has 2 saturated heterocycles. The second-order valence-electron chi connectivity index (χ2n) is 8.33. The van der Waals surface area contributed by atoms with Gasteiger partial charge in [0.25, 0.3) is 5.71 Å². The van der Waals surface area contributed by atoms with Crippen LogP contribution in [-0.4, -0.2) is 89.7 Å². The number of carbonyl (C=O) groups is 1. The number of hydrogen-bond donors (Lipinski definition) is 1. The van der Waals surface area contributed by atoms with Crippen molar-refractivity contribution < 1.29 is 9.32 Å². The molecule has 164 valence electrons. The molecule has 0 spiro atoms. The predicted octanol–water partition coefficient (Wildman–Crippen LogP) is 1.29. The molecule has 0 bridgehead atoms. The molecule has 0 aliphatic carbocycles.